The van der Waals surface area contributed by atoms with E-state index in [2.05, 4.69) is 174 Å². The molecule has 0 radical (unpaired) electrons. The minimum absolute atomic E-state index is 0.398. The van der Waals surface area contributed by atoms with Gasteiger partial charge in [0.15, 0.2) is 0 Å². The van der Waals surface area contributed by atoms with Crippen LogP contribution in [0, 0.1) is 27.7 Å². The third kappa shape index (κ3) is 10.7. The molecule has 2 heteroatoms. The fourth-order valence-corrected chi connectivity index (χ4v) is 8.94. The van der Waals surface area contributed by atoms with Gasteiger partial charge in [0.2, 0.25) is 0 Å². The Labute approximate surface area is 350 Å². The molecule has 4 aromatic rings. The lowest BCUT2D eigenvalue weighted by atomic mass is 9.90. The van der Waals surface area contributed by atoms with Crippen molar-refractivity contribution in [3.05, 3.63) is 193 Å². The second kappa shape index (κ2) is 23.6. The van der Waals surface area contributed by atoms with Gasteiger partial charge in [-0.3, -0.25) is 0 Å². The van der Waals surface area contributed by atoms with Crippen molar-refractivity contribution in [2.45, 2.75) is 108 Å². The second-order valence-corrected chi connectivity index (χ2v) is 14.7. The second-order valence-electron chi connectivity index (χ2n) is 13.3. The van der Waals surface area contributed by atoms with Gasteiger partial charge in [-0.2, -0.15) is 0 Å². The molecule has 1 unspecified atom stereocenters. The van der Waals surface area contributed by atoms with Crippen molar-refractivity contribution in [3.63, 3.8) is 0 Å². The quantitative estimate of drug-likeness (QED) is 0.151. The van der Waals surface area contributed by atoms with E-state index in [1.807, 2.05) is 52.9 Å². The van der Waals surface area contributed by atoms with E-state index < -0.39 is 0 Å². The summed E-state index contributed by atoms with van der Waals surface area (Å²) >= 11 is 7.21. The Morgan fingerprint density at radius 1 is 0.661 bits per heavy atom. The number of fused-ring (bicyclic) bond motifs is 2. The summed E-state index contributed by atoms with van der Waals surface area (Å²) in [6, 6.07) is 26.7. The number of rotatable bonds is 5. The number of thiol groups is 1. The SMILES string of the molecule is C/C=C(C(/S)=C(/C)c1csc2c(C)c(C)c(C)c(C)c12)\C1=c2/cccc/c2=C(\c2cccccc(C3C=CC=CC3)ccc2)C/C=C\C=C/C1.CC.CC.CC. The first-order valence-electron chi connectivity index (χ1n) is 20.8. The summed E-state index contributed by atoms with van der Waals surface area (Å²) in [5.41, 5.74) is 14.4. The molecule has 0 nitrogen and oxygen atoms in total. The zero-order chi connectivity index (χ0) is 41.2. The van der Waals surface area contributed by atoms with Crippen LogP contribution in [0.25, 0.3) is 26.8 Å². The van der Waals surface area contributed by atoms with Crippen LogP contribution in [0.5, 0.6) is 0 Å². The van der Waals surface area contributed by atoms with Crippen LogP contribution < -0.4 is 10.4 Å². The molecular weight excluding hydrogens is 713 g/mol. The highest BCUT2D eigenvalue weighted by Crippen LogP contribution is 2.41. The monoisotopic (exact) mass is 778 g/mol. The van der Waals surface area contributed by atoms with Crippen molar-refractivity contribution in [1.82, 2.24) is 0 Å². The highest BCUT2D eigenvalue weighted by atomic mass is 32.1. The molecule has 2 aliphatic rings. The molecule has 1 aromatic heterocycles. The van der Waals surface area contributed by atoms with Gasteiger partial charge in [0.1, 0.15) is 0 Å². The van der Waals surface area contributed by atoms with E-state index in [0.29, 0.717) is 5.92 Å². The van der Waals surface area contributed by atoms with E-state index in [9.17, 15) is 0 Å². The summed E-state index contributed by atoms with van der Waals surface area (Å²) in [4.78, 5) is 1.03. The molecule has 56 heavy (non-hydrogen) atoms. The maximum Gasteiger partial charge on any atom is 0.0383 e. The first-order valence-corrected chi connectivity index (χ1v) is 22.1. The zero-order valence-corrected chi connectivity index (χ0v) is 38.0. The molecule has 2 aliphatic carbocycles. The molecule has 6 rings (SSSR count). The van der Waals surface area contributed by atoms with Crippen molar-refractivity contribution in [2.75, 3.05) is 0 Å². The van der Waals surface area contributed by atoms with Crippen LogP contribution in [0.4, 0.5) is 0 Å². The van der Waals surface area contributed by atoms with Crippen LogP contribution >= 0.6 is 24.0 Å². The molecular formula is C54H66S2. The average Bonchev–Trinajstić information content (AvgIpc) is 3.71. The molecule has 1 heterocycles. The first-order chi connectivity index (χ1) is 27.3. The molecule has 0 saturated heterocycles. The van der Waals surface area contributed by atoms with Gasteiger partial charge >= 0.3 is 0 Å². The Hall–Kier alpha value is -4.37. The molecule has 0 spiro atoms. The standard InChI is InChI=1S/C48H48S2.3C2H6/c1-7-40(47(49)36(6)45-31-50-48-35(5)33(3)32(2)34(4)46(45)48)42-28-17-9-8-16-27-41(43-29-18-19-30-44(42)43)39-24-15-11-14-23-38(25-20-26-39)37-21-12-10-13-22-37;3*1-2/h7-21,23-26,29-31,37,49H,22,27-28H2,1-6H3;3*1-2H3/b14-11?,15-11?,16-8-,17-9-,23-14?,24-15?,25-20?,26-20?,38-23?,38-25?,39-24?,39-26?,40-7+,43-41+,44-42+,47-36+;;;. The predicted molar refractivity (Wildman–Crippen MR) is 259 cm³/mol. The molecule has 3 aromatic carbocycles. The van der Waals surface area contributed by atoms with Gasteiger partial charge in [0.25, 0.3) is 0 Å². The molecule has 0 bridgehead atoms. The van der Waals surface area contributed by atoms with Crippen LogP contribution in [0.1, 0.15) is 120 Å². The van der Waals surface area contributed by atoms with E-state index in [4.69, 9.17) is 12.6 Å². The average molecular weight is 779 g/mol. The third-order valence-electron chi connectivity index (χ3n) is 10.5. The van der Waals surface area contributed by atoms with E-state index >= 15 is 0 Å². The van der Waals surface area contributed by atoms with Crippen molar-refractivity contribution < 1.29 is 0 Å². The lowest BCUT2D eigenvalue weighted by molar-refractivity contribution is 0.855. The highest BCUT2D eigenvalue weighted by molar-refractivity contribution is 7.85. The van der Waals surface area contributed by atoms with E-state index in [0.717, 1.165) is 24.2 Å². The van der Waals surface area contributed by atoms with Crippen molar-refractivity contribution in [1.29, 1.82) is 0 Å². The van der Waals surface area contributed by atoms with Gasteiger partial charge in [0, 0.05) is 20.9 Å². The van der Waals surface area contributed by atoms with E-state index in [1.54, 1.807) is 0 Å². The molecule has 294 valence electrons. The summed E-state index contributed by atoms with van der Waals surface area (Å²) in [7, 11) is 0. The largest absolute Gasteiger partial charge is 0.143 e. The maximum atomic E-state index is 5.35. The molecule has 0 N–H and O–H groups in total. The van der Waals surface area contributed by atoms with Crippen LogP contribution in [-0.4, -0.2) is 0 Å². The number of hydrogen-bond donors (Lipinski definition) is 1. The molecule has 0 amide bonds. The van der Waals surface area contributed by atoms with Gasteiger partial charge in [0.05, 0.1) is 0 Å². The van der Waals surface area contributed by atoms with Crippen LogP contribution in [0.3, 0.4) is 0 Å². The van der Waals surface area contributed by atoms with Gasteiger partial charge < -0.3 is 0 Å². The summed E-state index contributed by atoms with van der Waals surface area (Å²) in [5, 5.41) is 6.24. The summed E-state index contributed by atoms with van der Waals surface area (Å²) < 4.78 is 1.39. The van der Waals surface area contributed by atoms with Gasteiger partial charge in [-0.15, -0.1) is 24.0 Å². The number of thiophene rings is 1. The van der Waals surface area contributed by atoms with E-state index in [-0.39, 0.29) is 0 Å². The van der Waals surface area contributed by atoms with E-state index in [1.165, 1.54) is 81.8 Å². The Bertz CT molecular complexity index is 2310. The summed E-state index contributed by atoms with van der Waals surface area (Å²) in [6.07, 6.45) is 22.7. The zero-order valence-electron chi connectivity index (χ0n) is 36.3. The third-order valence-corrected chi connectivity index (χ3v) is 12.2. The summed E-state index contributed by atoms with van der Waals surface area (Å²) in [6.45, 7) is 25.5. The van der Waals surface area contributed by atoms with Crippen molar-refractivity contribution in [2.24, 2.45) is 0 Å². The molecule has 0 aliphatic heterocycles. The number of aryl methyl sites for hydroxylation is 2. The fraction of sp³-hybridized carbons (Fsp3) is 0.296. The minimum atomic E-state index is 0.398. The normalized spacial score (nSPS) is 18.3. The maximum absolute atomic E-state index is 5.35. The lowest BCUT2D eigenvalue weighted by Gasteiger charge is -2.17. The Morgan fingerprint density at radius 3 is 1.93 bits per heavy atom. The lowest BCUT2D eigenvalue weighted by Crippen LogP contribution is -2.30. The van der Waals surface area contributed by atoms with Gasteiger partial charge in [-0.1, -0.05) is 169 Å². The predicted octanol–water partition coefficient (Wildman–Crippen LogP) is 15.5. The minimum Gasteiger partial charge on any atom is -0.143 e. The van der Waals surface area contributed by atoms with Gasteiger partial charge in [-0.25, -0.2) is 0 Å². The Balaban J connectivity index is 0.00000134. The Morgan fingerprint density at radius 2 is 1.25 bits per heavy atom. The summed E-state index contributed by atoms with van der Waals surface area (Å²) in [5.74, 6) is 0.398. The number of allylic oxidation sites excluding steroid dienone is 11. The van der Waals surface area contributed by atoms with Gasteiger partial charge in [-0.05, 0) is 138 Å². The highest BCUT2D eigenvalue weighted by Gasteiger charge is 2.19. The fourth-order valence-electron chi connectivity index (χ4n) is 7.31. The smallest absolute Gasteiger partial charge is 0.0383 e. The molecule has 1 atom stereocenters. The van der Waals surface area contributed by atoms with Crippen LogP contribution in [0.15, 0.2) is 143 Å². The van der Waals surface area contributed by atoms with Crippen molar-refractivity contribution in [3.8, 4) is 0 Å². The van der Waals surface area contributed by atoms with Crippen LogP contribution in [-0.2, 0) is 0 Å². The van der Waals surface area contributed by atoms with Crippen LogP contribution in [0.2, 0.25) is 0 Å². The number of benzene rings is 2. The topological polar surface area (TPSA) is 0 Å². The first kappa shape index (κ1) is 46.0. The molecule has 0 saturated carbocycles. The Kier molecular flexibility index (Phi) is 19.4. The van der Waals surface area contributed by atoms with Crippen molar-refractivity contribution >= 4 is 50.8 Å². The molecule has 0 fully saturated rings. The number of hydrogen-bond acceptors (Lipinski definition) is 2.